The Bertz CT molecular complexity index is 525. The van der Waals surface area contributed by atoms with Crippen LogP contribution in [0.3, 0.4) is 0 Å². The largest absolute Gasteiger partial charge is 0.388 e. The van der Waals surface area contributed by atoms with Crippen molar-refractivity contribution in [3.8, 4) is 0 Å². The van der Waals surface area contributed by atoms with Gasteiger partial charge >= 0.3 is 0 Å². The normalized spacial score (nSPS) is 12.8. The second-order valence-electron chi connectivity index (χ2n) is 4.40. The van der Waals surface area contributed by atoms with E-state index in [1.54, 1.807) is 7.11 Å². The van der Waals surface area contributed by atoms with Crippen molar-refractivity contribution in [1.29, 1.82) is 0 Å². The first-order chi connectivity index (χ1) is 8.70. The molecule has 2 rings (SSSR count). The molecule has 0 aliphatic carbocycles. The molecule has 0 saturated heterocycles. The number of hydrogen-bond acceptors (Lipinski definition) is 2. The van der Waals surface area contributed by atoms with Crippen molar-refractivity contribution in [1.82, 2.24) is 0 Å². The second kappa shape index (κ2) is 6.32. The number of aliphatic hydroxyl groups is 1. The molecule has 3 heteroatoms. The third-order valence-electron chi connectivity index (χ3n) is 3.04. The fourth-order valence-corrected chi connectivity index (χ4v) is 2.41. The van der Waals surface area contributed by atoms with Crippen molar-refractivity contribution in [2.75, 3.05) is 13.7 Å². The molecule has 0 saturated carbocycles. The van der Waals surface area contributed by atoms with Gasteiger partial charge in [-0.25, -0.2) is 0 Å². The predicted molar refractivity (Wildman–Crippen MR) is 77.7 cm³/mol. The van der Waals surface area contributed by atoms with E-state index in [1.807, 2.05) is 12.1 Å². The SMILES string of the molecule is COCCCC(O)c1ccc2cc(Br)ccc2c1. The van der Waals surface area contributed by atoms with E-state index in [-0.39, 0.29) is 0 Å². The number of benzene rings is 2. The molecular formula is C15H17BrO2. The Labute approximate surface area is 116 Å². The average Bonchev–Trinajstić information content (AvgIpc) is 2.38. The monoisotopic (exact) mass is 308 g/mol. The maximum Gasteiger partial charge on any atom is 0.0791 e. The highest BCUT2D eigenvalue weighted by atomic mass is 79.9. The maximum absolute atomic E-state index is 10.1. The first kappa shape index (κ1) is 13.5. The molecule has 18 heavy (non-hydrogen) atoms. The minimum absolute atomic E-state index is 0.409. The van der Waals surface area contributed by atoms with Crippen molar-refractivity contribution >= 4 is 26.7 Å². The Morgan fingerprint density at radius 3 is 2.67 bits per heavy atom. The number of hydrogen-bond donors (Lipinski definition) is 1. The van der Waals surface area contributed by atoms with Gasteiger partial charge in [-0.2, -0.15) is 0 Å². The Kier molecular flexibility index (Phi) is 4.75. The minimum Gasteiger partial charge on any atom is -0.388 e. The summed E-state index contributed by atoms with van der Waals surface area (Å²) in [6.45, 7) is 0.692. The lowest BCUT2D eigenvalue weighted by Crippen LogP contribution is -1.99. The van der Waals surface area contributed by atoms with Crippen LogP contribution in [0.4, 0.5) is 0 Å². The predicted octanol–water partition coefficient (Wildman–Crippen LogP) is 4.06. The van der Waals surface area contributed by atoms with Gasteiger partial charge < -0.3 is 9.84 Å². The number of fused-ring (bicyclic) bond motifs is 1. The Hall–Kier alpha value is -0.900. The fraction of sp³-hybridized carbons (Fsp3) is 0.333. The van der Waals surface area contributed by atoms with E-state index in [9.17, 15) is 5.11 Å². The summed E-state index contributed by atoms with van der Waals surface area (Å²) in [6, 6.07) is 12.3. The summed E-state index contributed by atoms with van der Waals surface area (Å²) in [5.74, 6) is 0. The highest BCUT2D eigenvalue weighted by Gasteiger charge is 2.07. The quantitative estimate of drug-likeness (QED) is 0.844. The maximum atomic E-state index is 10.1. The summed E-state index contributed by atoms with van der Waals surface area (Å²) in [7, 11) is 1.68. The Morgan fingerprint density at radius 1 is 1.17 bits per heavy atom. The first-order valence-electron chi connectivity index (χ1n) is 6.07. The van der Waals surface area contributed by atoms with Gasteiger partial charge in [0.15, 0.2) is 0 Å². The summed E-state index contributed by atoms with van der Waals surface area (Å²) < 4.78 is 6.07. The molecular weight excluding hydrogens is 292 g/mol. The Morgan fingerprint density at radius 2 is 1.89 bits per heavy atom. The van der Waals surface area contributed by atoms with E-state index in [4.69, 9.17) is 4.74 Å². The smallest absolute Gasteiger partial charge is 0.0791 e. The van der Waals surface area contributed by atoms with Gasteiger partial charge in [-0.05, 0) is 47.4 Å². The highest BCUT2D eigenvalue weighted by molar-refractivity contribution is 9.10. The van der Waals surface area contributed by atoms with Gasteiger partial charge in [0.05, 0.1) is 6.10 Å². The van der Waals surface area contributed by atoms with Gasteiger partial charge in [0.2, 0.25) is 0 Å². The van der Waals surface area contributed by atoms with Crippen LogP contribution in [0.1, 0.15) is 24.5 Å². The molecule has 0 aromatic heterocycles. The van der Waals surface area contributed by atoms with Crippen LogP contribution in [0.15, 0.2) is 40.9 Å². The second-order valence-corrected chi connectivity index (χ2v) is 5.32. The van der Waals surface area contributed by atoms with Crippen LogP contribution in [0.5, 0.6) is 0 Å². The van der Waals surface area contributed by atoms with Crippen molar-refractivity contribution < 1.29 is 9.84 Å². The van der Waals surface area contributed by atoms with E-state index in [0.717, 1.165) is 28.3 Å². The van der Waals surface area contributed by atoms with E-state index in [0.29, 0.717) is 6.61 Å². The molecule has 0 aliphatic rings. The first-order valence-corrected chi connectivity index (χ1v) is 6.86. The molecule has 1 N–H and O–H groups in total. The van der Waals surface area contributed by atoms with Crippen LogP contribution in [0, 0.1) is 0 Å². The van der Waals surface area contributed by atoms with Crippen molar-refractivity contribution in [2.24, 2.45) is 0 Å². The zero-order valence-corrected chi connectivity index (χ0v) is 12.0. The molecule has 0 fully saturated rings. The lowest BCUT2D eigenvalue weighted by molar-refractivity contribution is 0.136. The van der Waals surface area contributed by atoms with Crippen LogP contribution in [0.2, 0.25) is 0 Å². The molecule has 2 nitrogen and oxygen atoms in total. The van der Waals surface area contributed by atoms with E-state index < -0.39 is 6.10 Å². The molecule has 0 aliphatic heterocycles. The lowest BCUT2D eigenvalue weighted by Gasteiger charge is -2.11. The van der Waals surface area contributed by atoms with Gasteiger partial charge in [-0.3, -0.25) is 0 Å². The van der Waals surface area contributed by atoms with Gasteiger partial charge in [0.25, 0.3) is 0 Å². The van der Waals surface area contributed by atoms with Crippen LogP contribution in [0.25, 0.3) is 10.8 Å². The molecule has 0 heterocycles. The van der Waals surface area contributed by atoms with Gasteiger partial charge in [-0.15, -0.1) is 0 Å². The Balaban J connectivity index is 2.16. The highest BCUT2D eigenvalue weighted by Crippen LogP contribution is 2.25. The molecule has 0 bridgehead atoms. The molecule has 0 radical (unpaired) electrons. The molecule has 96 valence electrons. The number of rotatable bonds is 5. The number of halogens is 1. The average molecular weight is 309 g/mol. The zero-order valence-electron chi connectivity index (χ0n) is 10.4. The van der Waals surface area contributed by atoms with Gasteiger partial charge in [0.1, 0.15) is 0 Å². The van der Waals surface area contributed by atoms with E-state index in [1.165, 1.54) is 5.39 Å². The summed E-state index contributed by atoms with van der Waals surface area (Å²) in [5.41, 5.74) is 0.973. The summed E-state index contributed by atoms with van der Waals surface area (Å²) in [4.78, 5) is 0. The third-order valence-corrected chi connectivity index (χ3v) is 3.53. The standard InChI is InChI=1S/C15H17BrO2/c1-18-8-2-3-15(17)13-5-4-12-10-14(16)7-6-11(12)9-13/h4-7,9-10,15,17H,2-3,8H2,1H3. The number of methoxy groups -OCH3 is 1. The minimum atomic E-state index is -0.409. The topological polar surface area (TPSA) is 29.5 Å². The fourth-order valence-electron chi connectivity index (χ4n) is 2.03. The molecule has 1 atom stereocenters. The van der Waals surface area contributed by atoms with Crippen molar-refractivity contribution in [3.63, 3.8) is 0 Å². The summed E-state index contributed by atoms with van der Waals surface area (Å²) in [5, 5.41) is 12.4. The lowest BCUT2D eigenvalue weighted by atomic mass is 10.0. The van der Waals surface area contributed by atoms with E-state index in [2.05, 4.69) is 40.2 Å². The van der Waals surface area contributed by atoms with E-state index >= 15 is 0 Å². The van der Waals surface area contributed by atoms with Crippen LogP contribution in [-0.4, -0.2) is 18.8 Å². The molecule has 0 amide bonds. The van der Waals surface area contributed by atoms with Gasteiger partial charge in [0, 0.05) is 18.2 Å². The molecule has 0 spiro atoms. The summed E-state index contributed by atoms with van der Waals surface area (Å²) >= 11 is 3.46. The zero-order chi connectivity index (χ0) is 13.0. The molecule has 1 unspecified atom stereocenters. The van der Waals surface area contributed by atoms with Crippen molar-refractivity contribution in [3.05, 3.63) is 46.4 Å². The van der Waals surface area contributed by atoms with Crippen LogP contribution >= 0.6 is 15.9 Å². The van der Waals surface area contributed by atoms with Crippen molar-refractivity contribution in [2.45, 2.75) is 18.9 Å². The molecule has 2 aromatic carbocycles. The number of ether oxygens (including phenoxy) is 1. The number of aliphatic hydroxyl groups excluding tert-OH is 1. The third kappa shape index (κ3) is 3.31. The molecule has 2 aromatic rings. The van der Waals surface area contributed by atoms with Crippen LogP contribution in [-0.2, 0) is 4.74 Å². The van der Waals surface area contributed by atoms with Gasteiger partial charge in [-0.1, -0.05) is 34.1 Å². The van der Waals surface area contributed by atoms with Crippen LogP contribution < -0.4 is 0 Å². The summed E-state index contributed by atoms with van der Waals surface area (Å²) in [6.07, 6.45) is 1.19.